The zero-order chi connectivity index (χ0) is 12.8. The van der Waals surface area contributed by atoms with Gasteiger partial charge in [0.15, 0.2) is 0 Å². The molecular weight excluding hydrogens is 238 g/mol. The molecule has 0 aromatic carbocycles. The van der Waals surface area contributed by atoms with Crippen molar-refractivity contribution >= 4 is 23.5 Å². The first-order chi connectivity index (χ1) is 7.99. The molecule has 0 amide bonds. The van der Waals surface area contributed by atoms with Crippen LogP contribution in [0, 0.1) is 6.92 Å². The molecule has 1 rings (SSSR count). The number of carboxylic acid groups (broad SMARTS) is 1. The van der Waals surface area contributed by atoms with E-state index in [4.69, 9.17) is 16.6 Å². The summed E-state index contributed by atoms with van der Waals surface area (Å²) in [4.78, 5) is 14.7. The molecule has 0 aliphatic carbocycles. The van der Waals surface area contributed by atoms with E-state index < -0.39 is 12.0 Å². The molecule has 94 valence electrons. The van der Waals surface area contributed by atoms with Gasteiger partial charge in [-0.2, -0.15) is 11.8 Å². The lowest BCUT2D eigenvalue weighted by Gasteiger charge is -2.06. The maximum Gasteiger partial charge on any atom is 0.320 e. The molecule has 0 aliphatic rings. The molecule has 0 aliphatic heterocycles. The van der Waals surface area contributed by atoms with E-state index in [0.717, 1.165) is 17.0 Å². The maximum atomic E-state index is 10.5. The van der Waals surface area contributed by atoms with E-state index in [2.05, 4.69) is 4.98 Å². The average Bonchev–Trinajstić information content (AvgIpc) is 2.22. The van der Waals surface area contributed by atoms with Crippen molar-refractivity contribution in [2.75, 3.05) is 11.5 Å². The molecule has 0 bridgehead atoms. The van der Waals surface area contributed by atoms with Gasteiger partial charge in [-0.25, -0.2) is 4.98 Å². The number of hydrogen-bond donors (Lipinski definition) is 3. The minimum Gasteiger partial charge on any atom is -0.480 e. The second-order valence-corrected chi connectivity index (χ2v) is 4.95. The van der Waals surface area contributed by atoms with Gasteiger partial charge in [0.05, 0.1) is 5.69 Å². The lowest BCUT2D eigenvalue weighted by atomic mass is 10.2. The third-order valence-electron chi connectivity index (χ3n) is 2.18. The molecule has 0 saturated carbocycles. The van der Waals surface area contributed by atoms with Crippen LogP contribution < -0.4 is 11.5 Å². The molecule has 0 fully saturated rings. The largest absolute Gasteiger partial charge is 0.480 e. The highest BCUT2D eigenvalue weighted by Gasteiger charge is 2.10. The van der Waals surface area contributed by atoms with Gasteiger partial charge in [0.2, 0.25) is 0 Å². The van der Waals surface area contributed by atoms with E-state index in [0.29, 0.717) is 18.0 Å². The van der Waals surface area contributed by atoms with Gasteiger partial charge in [0.25, 0.3) is 0 Å². The van der Waals surface area contributed by atoms with Crippen molar-refractivity contribution in [1.29, 1.82) is 0 Å². The third-order valence-corrected chi connectivity index (χ3v) is 3.21. The number of nitrogens with two attached hydrogens (primary N) is 2. The molecule has 0 spiro atoms. The first kappa shape index (κ1) is 13.8. The minimum absolute atomic E-state index is 0.460. The van der Waals surface area contributed by atoms with Crippen molar-refractivity contribution < 1.29 is 9.90 Å². The summed E-state index contributed by atoms with van der Waals surface area (Å²) in [7, 11) is 0. The number of rotatable bonds is 6. The number of nitrogen functional groups attached to an aromatic ring is 1. The Labute approximate surface area is 105 Å². The van der Waals surface area contributed by atoms with E-state index in [1.807, 2.05) is 19.1 Å². The number of aromatic nitrogens is 1. The molecule has 1 heterocycles. The van der Waals surface area contributed by atoms with Crippen molar-refractivity contribution in [2.24, 2.45) is 5.73 Å². The van der Waals surface area contributed by atoms with Crippen LogP contribution in [0.15, 0.2) is 12.1 Å². The zero-order valence-electron chi connectivity index (χ0n) is 9.72. The smallest absolute Gasteiger partial charge is 0.320 e. The standard InChI is InChI=1S/C11H17N3O2S/c1-7-4-8(14-10(13)5-7)6-17-3-2-9(12)11(15)16/h4-5,9H,2-3,6,12H2,1H3,(H2,13,14)(H,15,16)/t9-/m0/s1. The van der Waals surface area contributed by atoms with Crippen LogP contribution in [0.5, 0.6) is 0 Å². The van der Waals surface area contributed by atoms with Crippen LogP contribution >= 0.6 is 11.8 Å². The number of carboxylic acids is 1. The van der Waals surface area contributed by atoms with Gasteiger partial charge in [-0.3, -0.25) is 4.79 Å². The summed E-state index contributed by atoms with van der Waals surface area (Å²) in [5, 5.41) is 8.61. The number of aryl methyl sites for hydroxylation is 1. The van der Waals surface area contributed by atoms with Gasteiger partial charge in [0.1, 0.15) is 11.9 Å². The monoisotopic (exact) mass is 255 g/mol. The Hall–Kier alpha value is -1.27. The second-order valence-electron chi connectivity index (χ2n) is 3.85. The zero-order valence-corrected chi connectivity index (χ0v) is 10.5. The Kier molecular flexibility index (Phi) is 5.24. The van der Waals surface area contributed by atoms with E-state index in [-0.39, 0.29) is 0 Å². The molecule has 17 heavy (non-hydrogen) atoms. The van der Waals surface area contributed by atoms with Crippen LogP contribution in [0.3, 0.4) is 0 Å². The van der Waals surface area contributed by atoms with Crippen LogP contribution in [0.4, 0.5) is 5.82 Å². The predicted molar refractivity (Wildman–Crippen MR) is 69.8 cm³/mol. The number of aliphatic carboxylic acids is 1. The van der Waals surface area contributed by atoms with Gasteiger partial charge in [0, 0.05) is 5.75 Å². The molecule has 0 saturated heterocycles. The highest BCUT2D eigenvalue weighted by atomic mass is 32.2. The van der Waals surface area contributed by atoms with Crippen molar-refractivity contribution in [1.82, 2.24) is 4.98 Å². The highest BCUT2D eigenvalue weighted by Crippen LogP contribution is 2.14. The lowest BCUT2D eigenvalue weighted by Crippen LogP contribution is -2.30. The van der Waals surface area contributed by atoms with Crippen LogP contribution in [-0.2, 0) is 10.5 Å². The van der Waals surface area contributed by atoms with Gasteiger partial charge in [-0.1, -0.05) is 0 Å². The Bertz CT molecular complexity index is 378. The number of pyridine rings is 1. The molecule has 1 aromatic rings. The van der Waals surface area contributed by atoms with E-state index >= 15 is 0 Å². The van der Waals surface area contributed by atoms with Gasteiger partial charge in [-0.15, -0.1) is 0 Å². The lowest BCUT2D eigenvalue weighted by molar-refractivity contribution is -0.138. The summed E-state index contributed by atoms with van der Waals surface area (Å²) in [6.45, 7) is 1.96. The summed E-state index contributed by atoms with van der Waals surface area (Å²) >= 11 is 1.61. The Morgan fingerprint density at radius 2 is 2.29 bits per heavy atom. The molecule has 0 unspecified atom stereocenters. The SMILES string of the molecule is Cc1cc(N)nc(CSCC[C@H](N)C(=O)O)c1. The van der Waals surface area contributed by atoms with Crippen molar-refractivity contribution in [3.63, 3.8) is 0 Å². The van der Waals surface area contributed by atoms with Gasteiger partial charge >= 0.3 is 5.97 Å². The Balaban J connectivity index is 2.33. The summed E-state index contributed by atoms with van der Waals surface area (Å²) in [6.07, 6.45) is 0.460. The number of nitrogens with zero attached hydrogens (tertiary/aromatic N) is 1. The van der Waals surface area contributed by atoms with E-state index in [9.17, 15) is 4.79 Å². The van der Waals surface area contributed by atoms with Gasteiger partial charge in [-0.05, 0) is 36.8 Å². The summed E-state index contributed by atoms with van der Waals surface area (Å²) in [5.41, 5.74) is 13.0. The van der Waals surface area contributed by atoms with Crippen LogP contribution in [0.25, 0.3) is 0 Å². The predicted octanol–water partition coefficient (Wildman–Crippen LogP) is 1.01. The number of carbonyl (C=O) groups is 1. The molecule has 5 nitrogen and oxygen atoms in total. The minimum atomic E-state index is -0.955. The fourth-order valence-corrected chi connectivity index (χ4v) is 2.27. The van der Waals surface area contributed by atoms with Crippen molar-refractivity contribution in [3.8, 4) is 0 Å². The molecule has 1 atom stereocenters. The Morgan fingerprint density at radius 1 is 1.59 bits per heavy atom. The summed E-state index contributed by atoms with van der Waals surface area (Å²) in [5.74, 6) is 0.979. The fraction of sp³-hybridized carbons (Fsp3) is 0.455. The maximum absolute atomic E-state index is 10.5. The normalized spacial score (nSPS) is 12.4. The van der Waals surface area contributed by atoms with Crippen LogP contribution in [0.2, 0.25) is 0 Å². The van der Waals surface area contributed by atoms with Crippen molar-refractivity contribution in [2.45, 2.75) is 25.1 Å². The van der Waals surface area contributed by atoms with E-state index in [1.54, 1.807) is 11.8 Å². The molecule has 1 aromatic heterocycles. The van der Waals surface area contributed by atoms with Crippen LogP contribution in [0.1, 0.15) is 17.7 Å². The number of anilines is 1. The summed E-state index contributed by atoms with van der Waals surface area (Å²) < 4.78 is 0. The first-order valence-electron chi connectivity index (χ1n) is 5.28. The third kappa shape index (κ3) is 5.06. The van der Waals surface area contributed by atoms with Crippen molar-refractivity contribution in [3.05, 3.63) is 23.4 Å². The quantitative estimate of drug-likeness (QED) is 0.656. The second kappa shape index (κ2) is 6.46. The number of hydrogen-bond acceptors (Lipinski definition) is 5. The topological polar surface area (TPSA) is 102 Å². The van der Waals surface area contributed by atoms with E-state index in [1.165, 1.54) is 0 Å². The molecule has 6 heteroatoms. The summed E-state index contributed by atoms with van der Waals surface area (Å²) in [6, 6.07) is 3.01. The molecule has 5 N–H and O–H groups in total. The van der Waals surface area contributed by atoms with Crippen LogP contribution in [-0.4, -0.2) is 27.9 Å². The highest BCUT2D eigenvalue weighted by molar-refractivity contribution is 7.98. The fourth-order valence-electron chi connectivity index (χ4n) is 1.35. The number of thioether (sulfide) groups is 1. The van der Waals surface area contributed by atoms with Gasteiger partial charge < -0.3 is 16.6 Å². The molecule has 0 radical (unpaired) electrons. The first-order valence-corrected chi connectivity index (χ1v) is 6.43. The average molecular weight is 255 g/mol. The Morgan fingerprint density at radius 3 is 2.88 bits per heavy atom. The molecular formula is C11H17N3O2S.